The van der Waals surface area contributed by atoms with Crippen LogP contribution in [0.4, 0.5) is 13.6 Å². The maximum atomic E-state index is 11.4. The molecule has 0 saturated heterocycles. The number of benzene rings is 9. The molecule has 0 heterocycles. The Morgan fingerprint density at radius 1 is 0.487 bits per heavy atom. The second-order valence-electron chi connectivity index (χ2n) is 29.2. The van der Waals surface area contributed by atoms with Crippen LogP contribution >= 0.6 is 204 Å². The van der Waals surface area contributed by atoms with Gasteiger partial charge in [-0.25, -0.2) is 4.79 Å². The lowest BCUT2D eigenvalue weighted by atomic mass is 9.85. The Kier molecular flexibility index (Phi) is 52.0. The van der Waals surface area contributed by atoms with Gasteiger partial charge in [0.05, 0.1) is 58.0 Å². The molecule has 6 aliphatic rings. The quantitative estimate of drug-likeness (QED) is 0.0356. The largest absolute Gasteiger partial charge is 0.460 e. The summed E-state index contributed by atoms with van der Waals surface area (Å²) in [4.78, 5) is 24.1. The zero-order valence-electron chi connectivity index (χ0n) is 69.6. The van der Waals surface area contributed by atoms with Gasteiger partial charge in [0.2, 0.25) is 0 Å². The first kappa shape index (κ1) is 103. The third-order valence-electron chi connectivity index (χ3n) is 18.4. The fraction of sp³-hybridized carbons (Fsp3) is 0.404. The number of unbranched alkanes of at least 4 members (excludes halogenated alkanes) is 1. The molecular formula is C94H112Br10F2I2N2O7. The van der Waals surface area contributed by atoms with Crippen molar-refractivity contribution in [1.29, 1.82) is 0 Å². The van der Waals surface area contributed by atoms with Gasteiger partial charge in [-0.05, 0) is 207 Å². The molecular weight excluding hydrogens is 2360 g/mol. The second-order valence-corrected chi connectivity index (χ2v) is 44.7. The molecule has 7 atom stereocenters. The predicted octanol–water partition coefficient (Wildman–Crippen LogP) is 31.2. The van der Waals surface area contributed by atoms with Crippen molar-refractivity contribution in [3.63, 3.8) is 0 Å². The number of nitrogens with two attached hydrogens (primary N) is 1. The number of alkyl halides is 14. The van der Waals surface area contributed by atoms with Crippen LogP contribution in [0, 0.1) is 13.8 Å². The van der Waals surface area contributed by atoms with Gasteiger partial charge >= 0.3 is 12.1 Å². The van der Waals surface area contributed by atoms with E-state index in [1.54, 1.807) is 11.1 Å². The minimum Gasteiger partial charge on any atom is -0.460 e. The number of amides is 1. The van der Waals surface area contributed by atoms with Crippen molar-refractivity contribution in [2.24, 2.45) is 5.73 Å². The van der Waals surface area contributed by atoms with Crippen LogP contribution in [0.25, 0.3) is 0 Å². The van der Waals surface area contributed by atoms with Crippen LogP contribution in [0.15, 0.2) is 218 Å². The lowest BCUT2D eigenvalue weighted by Crippen LogP contribution is -2.33. The van der Waals surface area contributed by atoms with Crippen LogP contribution < -0.4 is 11.1 Å². The number of halogens is 14. The van der Waals surface area contributed by atoms with Gasteiger partial charge in [0.15, 0.2) is 0 Å². The molecule has 117 heavy (non-hydrogen) atoms. The fourth-order valence-corrected chi connectivity index (χ4v) is 19.0. The van der Waals surface area contributed by atoms with Crippen LogP contribution in [0.5, 0.6) is 0 Å². The van der Waals surface area contributed by atoms with Crippen molar-refractivity contribution < 1.29 is 45.2 Å². The van der Waals surface area contributed by atoms with Crippen LogP contribution in [-0.4, -0.2) is 75.6 Å². The normalized spacial score (nSPS) is 17.0. The first-order valence-electron chi connectivity index (χ1n) is 39.9. The van der Waals surface area contributed by atoms with Gasteiger partial charge < -0.3 is 35.1 Å². The van der Waals surface area contributed by atoms with E-state index in [1.165, 1.54) is 108 Å². The van der Waals surface area contributed by atoms with Crippen molar-refractivity contribution in [3.05, 3.63) is 319 Å². The Hall–Kier alpha value is -2.32. The Labute approximate surface area is 810 Å². The Bertz CT molecular complexity index is 4170. The number of esters is 1. The number of hydrogen-bond acceptors (Lipinski definition) is 8. The zero-order chi connectivity index (χ0) is 88.0. The monoisotopic (exact) mass is 2460 g/mol. The molecule has 4 N–H and O–H groups in total. The van der Waals surface area contributed by atoms with Crippen molar-refractivity contribution in [1.82, 2.24) is 5.32 Å². The summed E-state index contributed by atoms with van der Waals surface area (Å²) in [5.41, 5.74) is 29.8. The number of aliphatic hydroxyl groups is 1. The van der Waals surface area contributed by atoms with Crippen molar-refractivity contribution in [3.8, 4) is 0 Å². The molecule has 7 unspecified atom stereocenters. The summed E-state index contributed by atoms with van der Waals surface area (Å²) < 4.78 is 54.8. The minimum atomic E-state index is -1.00. The molecule has 638 valence electrons. The SMILES string of the molecule is BrC(Br)c1ccccc1C(Br)Br.BrC1Cc2ccccc21.BrC1c2ccccc2C1Br.BrCc1ccccc1C(Br)Br.CC(C)(C)OC(=O)CCCCO.CC(C)(C)OC(=O)NCCCOC1Cc2ccccc21.Cc1ccccc1C.IC1c2ccccc2C1I.NCCCOC1Cc2ccccc21.[2H]CF.[2H]CF.c1ccc2c(c1)CC2. The molecule has 0 radical (unpaired) electrons. The first-order chi connectivity index (χ1) is 56.8. The Morgan fingerprint density at radius 3 is 1.17 bits per heavy atom. The van der Waals surface area contributed by atoms with Crippen molar-refractivity contribution in [2.75, 3.05) is 47.2 Å². The van der Waals surface area contributed by atoms with Gasteiger partial charge in [0.25, 0.3) is 0 Å². The molecule has 0 fully saturated rings. The molecule has 6 aliphatic carbocycles. The summed E-state index contributed by atoms with van der Waals surface area (Å²) in [6.45, 7) is 18.2. The van der Waals surface area contributed by atoms with Crippen LogP contribution in [0.2, 0.25) is 0 Å². The minimum absolute atomic E-state index is 0.142. The maximum absolute atomic E-state index is 11.4. The van der Waals surface area contributed by atoms with Crippen molar-refractivity contribution >= 4 is 217 Å². The highest BCUT2D eigenvalue weighted by Gasteiger charge is 2.34. The van der Waals surface area contributed by atoms with Gasteiger partial charge in [-0.3, -0.25) is 13.6 Å². The molecule has 15 rings (SSSR count). The van der Waals surface area contributed by atoms with Gasteiger partial charge in [-0.1, -0.05) is 423 Å². The summed E-state index contributed by atoms with van der Waals surface area (Å²) in [6.07, 6.45) is 9.58. The molecule has 0 aromatic heterocycles. The smallest absolute Gasteiger partial charge is 0.407 e. The molecule has 1 amide bonds. The second kappa shape index (κ2) is 58.8. The number of ether oxygens (including phenoxy) is 4. The highest BCUT2D eigenvalue weighted by Crippen LogP contribution is 2.55. The lowest BCUT2D eigenvalue weighted by Gasteiger charge is -2.31. The highest BCUT2D eigenvalue weighted by atomic mass is 127. The third-order valence-corrected chi connectivity index (χ3v) is 29.7. The lowest BCUT2D eigenvalue weighted by molar-refractivity contribution is -0.154. The Morgan fingerprint density at radius 2 is 0.838 bits per heavy atom. The van der Waals surface area contributed by atoms with Gasteiger partial charge in [0.1, 0.15) is 11.2 Å². The van der Waals surface area contributed by atoms with Gasteiger partial charge in [0, 0.05) is 55.8 Å². The predicted molar refractivity (Wildman–Crippen MR) is 540 cm³/mol. The average molecular weight is 2470 g/mol. The van der Waals surface area contributed by atoms with E-state index in [0.717, 1.165) is 45.5 Å². The summed E-state index contributed by atoms with van der Waals surface area (Å²) in [5, 5.41) is 12.1. The molecule has 0 aliphatic heterocycles. The zero-order valence-corrected chi connectivity index (χ0v) is 87.7. The van der Waals surface area contributed by atoms with E-state index in [-0.39, 0.29) is 36.0 Å². The number of nitrogens with one attached hydrogen (secondary N) is 1. The van der Waals surface area contributed by atoms with Gasteiger partial charge in [-0.15, -0.1) is 0 Å². The summed E-state index contributed by atoms with van der Waals surface area (Å²) in [6, 6.07) is 76.0. The molecule has 9 aromatic carbocycles. The molecule has 0 bridgehead atoms. The number of carbonyl (C=O) groups excluding carboxylic acids is 2. The van der Waals surface area contributed by atoms with Gasteiger partial charge in [-0.2, -0.15) is 0 Å². The molecule has 9 aromatic rings. The molecule has 0 spiro atoms. The van der Waals surface area contributed by atoms with E-state index in [4.69, 9.17) is 32.5 Å². The summed E-state index contributed by atoms with van der Waals surface area (Å²) in [7, 11) is -2.00. The third kappa shape index (κ3) is 38.6. The number of alkyl carbamates (subject to hydrolysis) is 1. The van der Waals surface area contributed by atoms with Crippen molar-refractivity contribution in [2.45, 2.75) is 182 Å². The van der Waals surface area contributed by atoms with E-state index in [1.807, 2.05) is 71.9 Å². The molecule has 9 nitrogen and oxygen atoms in total. The Balaban J connectivity index is 0.000000278. The topological polar surface area (TPSA) is 129 Å². The summed E-state index contributed by atoms with van der Waals surface area (Å²) in [5.74, 6) is -0.184. The molecule has 0 saturated carbocycles. The highest BCUT2D eigenvalue weighted by molar-refractivity contribution is 14.1. The fourth-order valence-electron chi connectivity index (χ4n) is 11.8. The number of aryl methyl sites for hydroxylation is 4. The van der Waals surface area contributed by atoms with E-state index < -0.39 is 25.5 Å². The van der Waals surface area contributed by atoms with Crippen LogP contribution in [0.3, 0.4) is 0 Å². The van der Waals surface area contributed by atoms with E-state index in [0.29, 0.717) is 59.5 Å². The maximum Gasteiger partial charge on any atom is 0.407 e. The van der Waals surface area contributed by atoms with E-state index in [9.17, 15) is 18.4 Å². The average Bonchev–Trinajstić information content (AvgIpc) is 0.779. The number of fused-ring (bicyclic) bond motifs is 6. The number of aliphatic hydroxyl groups excluding tert-OH is 1. The van der Waals surface area contributed by atoms with Crippen LogP contribution in [-0.2, 0) is 61.2 Å². The standard InChI is InChI=1S/C16H23NO3.C11H15NO.C9H18O3.C8H6Br4.C8H7Br3.C8H6Br2.C8H7Br.C8H6I2.C8H8.C8H10.2CH3F/c1-16(2,3)20-15(18)17-9-6-10-19-14-11-12-7-4-5-8-13(12)14;12-6-3-7-13-11-8-9-4-1-2-5-10(9)11;1-9(2,3)12-8(11)6-4-5-7-10;9-7(10)5-3-1-2-4-6(5)8(11)12;9-5-6-3-1-2-4-7(6)8(10)11;9-7-5-3-1-2-4-6(5)8(7)10;9-8-5-6-3-1-2-4-7(6)8;9-7-5-3-1-2-4-6(5)8(7)10;1-2-4-8-6-5-7(8)3-1;1-7-5-3-4-6-8(7)2;2*1-2/h4-5,7-8,14H,6,9-11H2,1-3H3,(H,17,18);1-2,4-5,11H,3,6-8,12H2;10H,4-7H2,1-3H3;1-4,7-8H;1-4,8H,5H2;1-4,7-8H;1-4,8H,5H2;1-4,7-8H;1-4H,5-6H2;3-6H,1-2H3;2*1H3/i;;;;;;;;;;2*1D. The van der Waals surface area contributed by atoms with E-state index in [2.05, 4.69) is 412 Å². The molecule has 23 heteroatoms. The van der Waals surface area contributed by atoms with E-state index >= 15 is 0 Å². The number of carbonyl (C=O) groups is 2. The summed E-state index contributed by atoms with van der Waals surface area (Å²) >= 11 is 40.0. The number of rotatable bonds is 17. The first-order valence-corrected chi connectivity index (χ1v) is 50.4. The number of hydrogen-bond donors (Lipinski definition) is 3. The van der Waals surface area contributed by atoms with Crippen LogP contribution in [0.1, 0.15) is 222 Å².